The minimum Gasteiger partial charge on any atom is -0.456 e. The van der Waals surface area contributed by atoms with Crippen LogP contribution in [-0.2, 0) is 47.2 Å². The normalized spacial score (nSPS) is 24.0. The molecule has 1 unspecified atom stereocenters. The second kappa shape index (κ2) is 15.4. The molecule has 0 saturated carbocycles. The largest absolute Gasteiger partial charge is 0.459 e. The van der Waals surface area contributed by atoms with Crippen LogP contribution in [0, 0.1) is 11.8 Å². The predicted octanol–water partition coefficient (Wildman–Crippen LogP) is 3.35. The Labute approximate surface area is 287 Å². The zero-order valence-corrected chi connectivity index (χ0v) is 29.1. The summed E-state index contributed by atoms with van der Waals surface area (Å²) in [5, 5.41) is 6.79. The van der Waals surface area contributed by atoms with Crippen molar-refractivity contribution in [1.82, 2.24) is 19.7 Å². The second-order valence-electron chi connectivity index (χ2n) is 12.6. The molecule has 3 N–H and O–H groups in total. The highest BCUT2D eigenvalue weighted by atomic mass is 31.2. The van der Waals surface area contributed by atoms with Crippen LogP contribution in [0.1, 0.15) is 46.4 Å². The van der Waals surface area contributed by atoms with Crippen LogP contribution in [0.5, 0.6) is 5.75 Å². The smallest absolute Gasteiger partial charge is 0.456 e. The topological polar surface area (TPSA) is 201 Å². The highest BCUT2D eigenvalue weighted by Crippen LogP contribution is 2.50. The molecule has 18 heteroatoms. The van der Waals surface area contributed by atoms with Crippen molar-refractivity contribution >= 4 is 37.0 Å². The summed E-state index contributed by atoms with van der Waals surface area (Å²) in [5.74, 6) is -3.30. The molecule has 2 fully saturated rings. The maximum Gasteiger partial charge on any atom is 0.459 e. The molecule has 50 heavy (non-hydrogen) atoms. The van der Waals surface area contributed by atoms with Crippen molar-refractivity contribution in [2.75, 3.05) is 32.2 Å². The predicted molar refractivity (Wildman–Crippen MR) is 173 cm³/mol. The van der Waals surface area contributed by atoms with Crippen molar-refractivity contribution < 1.29 is 56.1 Å². The van der Waals surface area contributed by atoms with Gasteiger partial charge in [0.25, 0.3) is 0 Å². The average molecular weight is 722 g/mol. The molecule has 16 nitrogen and oxygen atoms in total. The van der Waals surface area contributed by atoms with Gasteiger partial charge in [-0.25, -0.2) is 18.5 Å². The number of alkyl halides is 1. The summed E-state index contributed by atoms with van der Waals surface area (Å²) >= 11 is 0. The van der Waals surface area contributed by atoms with Crippen molar-refractivity contribution in [3.63, 3.8) is 0 Å². The number of para-hydroxylation sites is 1. The minimum absolute atomic E-state index is 0.0965. The van der Waals surface area contributed by atoms with Gasteiger partial charge in [0.05, 0.1) is 37.4 Å². The van der Waals surface area contributed by atoms with E-state index in [2.05, 4.69) is 15.2 Å². The van der Waals surface area contributed by atoms with E-state index >= 15 is 4.39 Å². The van der Waals surface area contributed by atoms with Crippen molar-refractivity contribution in [1.29, 1.82) is 0 Å². The third-order valence-corrected chi connectivity index (χ3v) is 9.61. The molecule has 0 spiro atoms. The van der Waals surface area contributed by atoms with Gasteiger partial charge >= 0.3 is 25.7 Å². The van der Waals surface area contributed by atoms with Gasteiger partial charge < -0.3 is 33.9 Å². The number of rotatable bonds is 15. The van der Waals surface area contributed by atoms with Crippen LogP contribution in [-0.4, -0.2) is 89.0 Å². The van der Waals surface area contributed by atoms with Crippen LogP contribution >= 0.6 is 7.75 Å². The van der Waals surface area contributed by atoms with Gasteiger partial charge in [0, 0.05) is 0 Å². The molecule has 3 aromatic rings. The molecule has 1 aromatic carbocycles. The number of hydrogen-bond acceptors (Lipinski definition) is 14. The summed E-state index contributed by atoms with van der Waals surface area (Å²) in [7, 11) is -4.58. The van der Waals surface area contributed by atoms with Gasteiger partial charge in [-0.2, -0.15) is 10.2 Å². The highest BCUT2D eigenvalue weighted by Gasteiger charge is 2.62. The molecule has 0 aliphatic carbocycles. The first-order valence-electron chi connectivity index (χ1n) is 16.0. The molecule has 6 atom stereocenters. The first kappa shape index (κ1) is 37.1. The highest BCUT2D eigenvalue weighted by molar-refractivity contribution is 7.52. The molecule has 0 amide bonds. The minimum atomic E-state index is -4.58. The molecule has 2 aliphatic heterocycles. The Bertz CT molecular complexity index is 1720. The lowest BCUT2D eigenvalue weighted by atomic mass is 9.95. The number of halogens is 1. The number of ether oxygens (including phenoxy) is 5. The van der Waals surface area contributed by atoms with E-state index in [0.29, 0.717) is 5.52 Å². The third-order valence-electron chi connectivity index (χ3n) is 7.99. The number of nitrogens with zero attached hydrogens (tertiary/aromatic N) is 3. The Morgan fingerprint density at radius 1 is 1.02 bits per heavy atom. The number of fused-ring (bicyclic) bond motifs is 1. The maximum absolute atomic E-state index is 15.7. The van der Waals surface area contributed by atoms with Crippen molar-refractivity contribution in [2.45, 2.75) is 70.7 Å². The summed E-state index contributed by atoms with van der Waals surface area (Å²) in [6.45, 7) is 5.92. The Hall–Kier alpha value is -4.15. The monoisotopic (exact) mass is 721 g/mol. The number of esters is 3. The van der Waals surface area contributed by atoms with E-state index in [1.165, 1.54) is 29.9 Å². The molecule has 5 rings (SSSR count). The van der Waals surface area contributed by atoms with Crippen LogP contribution in [0.25, 0.3) is 5.52 Å². The van der Waals surface area contributed by atoms with E-state index in [0.717, 1.165) is 0 Å². The lowest BCUT2D eigenvalue weighted by Crippen LogP contribution is -2.52. The lowest BCUT2D eigenvalue weighted by Gasteiger charge is -2.34. The summed E-state index contributed by atoms with van der Waals surface area (Å²) in [4.78, 5) is 43.0. The summed E-state index contributed by atoms with van der Waals surface area (Å²) in [6.07, 6.45) is -3.65. The number of nitrogen functional groups attached to an aromatic ring is 1. The van der Waals surface area contributed by atoms with Gasteiger partial charge in [-0.3, -0.25) is 18.9 Å². The average Bonchev–Trinajstić information content (AvgIpc) is 3.62. The second-order valence-corrected chi connectivity index (χ2v) is 14.3. The number of anilines is 1. The fraction of sp³-hybridized carbons (Fsp3) is 0.531. The zero-order valence-electron chi connectivity index (χ0n) is 28.2. The van der Waals surface area contributed by atoms with Crippen LogP contribution in [0.2, 0.25) is 0 Å². The zero-order chi connectivity index (χ0) is 36.2. The maximum atomic E-state index is 15.7. The van der Waals surface area contributed by atoms with E-state index in [1.54, 1.807) is 58.0 Å². The Balaban J connectivity index is 1.53. The molecule has 272 valence electrons. The van der Waals surface area contributed by atoms with E-state index in [1.807, 2.05) is 0 Å². The van der Waals surface area contributed by atoms with Gasteiger partial charge in [-0.15, -0.1) is 0 Å². The number of carbonyl (C=O) groups excluding carboxylic acids is 3. The Morgan fingerprint density at radius 3 is 2.32 bits per heavy atom. The Kier molecular flexibility index (Phi) is 11.4. The summed E-state index contributed by atoms with van der Waals surface area (Å²) in [6, 6.07) is 9.88. The van der Waals surface area contributed by atoms with Crippen LogP contribution < -0.4 is 15.3 Å². The molecule has 2 saturated heterocycles. The van der Waals surface area contributed by atoms with E-state index in [4.69, 9.17) is 38.5 Å². The molecule has 2 aromatic heterocycles. The number of benzene rings is 1. The lowest BCUT2D eigenvalue weighted by molar-refractivity contribution is -0.179. The Morgan fingerprint density at radius 2 is 1.70 bits per heavy atom. The quantitative estimate of drug-likeness (QED) is 0.131. The first-order valence-corrected chi connectivity index (χ1v) is 17.6. The fourth-order valence-corrected chi connectivity index (χ4v) is 6.64. The number of nitrogens with one attached hydrogen (secondary N) is 1. The first-order chi connectivity index (χ1) is 23.8. The van der Waals surface area contributed by atoms with Gasteiger partial charge in [0.1, 0.15) is 42.5 Å². The molecular weight excluding hydrogens is 680 g/mol. The van der Waals surface area contributed by atoms with E-state index in [9.17, 15) is 18.9 Å². The van der Waals surface area contributed by atoms with Crippen molar-refractivity contribution in [3.05, 3.63) is 54.5 Å². The molecular formula is C32H41FN5O11P. The van der Waals surface area contributed by atoms with Gasteiger partial charge in [0.15, 0.2) is 23.6 Å². The third kappa shape index (κ3) is 8.08. The number of nitrogens with two attached hydrogens (primary N) is 1. The van der Waals surface area contributed by atoms with Crippen LogP contribution in [0.15, 0.2) is 48.8 Å². The molecule has 4 heterocycles. The molecule has 2 aliphatic rings. The van der Waals surface area contributed by atoms with E-state index in [-0.39, 0.29) is 30.5 Å². The van der Waals surface area contributed by atoms with Gasteiger partial charge in [0.2, 0.25) is 0 Å². The standard InChI is InChI=1S/C32H41FN5O11P/c1-18(2)29(39)46-26-25(23-11-12-24-28(34)35-17-36-38(23)24)48-32(15-33,27(26)47-30(40)19(3)4)16-44-50(42,49-21-9-7-6-8-10-21)37-20(5)31(41)45-22-13-43-14-22/h6-12,17-20,22,25-27H,13-16H2,1-5H3,(H,37,42)(H2,34,35,36)/t20?,25-,26-,27-,32+,50-/m0/s1. The van der Waals surface area contributed by atoms with Crippen LogP contribution in [0.3, 0.4) is 0 Å². The van der Waals surface area contributed by atoms with Gasteiger partial charge in [-0.1, -0.05) is 45.9 Å². The number of aromatic nitrogens is 3. The van der Waals surface area contributed by atoms with Crippen molar-refractivity contribution in [3.8, 4) is 5.75 Å². The number of hydrogen-bond donors (Lipinski definition) is 2. The molecule has 0 bridgehead atoms. The summed E-state index contributed by atoms with van der Waals surface area (Å²) < 4.78 is 71.5. The molecule has 0 radical (unpaired) electrons. The number of carbonyl (C=O) groups is 3. The van der Waals surface area contributed by atoms with E-state index < -0.39 is 86.8 Å². The van der Waals surface area contributed by atoms with Crippen molar-refractivity contribution in [2.24, 2.45) is 11.8 Å². The SMILES string of the molecule is CC(C)C(=O)O[C@H]1[C@H](c2ccc3c(N)ncnn23)O[C@](CF)(CO[P@@](=O)(NC(C)C(=O)OC2COC2)Oc2ccccc2)[C@H]1OC(=O)C(C)C. The van der Waals surface area contributed by atoms with Gasteiger partial charge in [-0.05, 0) is 31.2 Å². The fourth-order valence-electron chi connectivity index (χ4n) is 5.10. The summed E-state index contributed by atoms with van der Waals surface area (Å²) in [5.41, 5.74) is 4.45. The van der Waals surface area contributed by atoms with Crippen LogP contribution in [0.4, 0.5) is 10.2 Å².